The van der Waals surface area contributed by atoms with E-state index >= 15 is 0 Å². The number of hydrogen-bond acceptors (Lipinski definition) is 15. The molecule has 3 N–H and O–H groups in total. The fourth-order valence-electron chi connectivity index (χ4n) is 10.3. The average Bonchev–Trinajstić information content (AvgIpc) is 0.933. The highest BCUT2D eigenvalue weighted by atomic mass is 31.2. The second-order valence-electron chi connectivity index (χ2n) is 26.6. The summed E-state index contributed by atoms with van der Waals surface area (Å²) in [5, 5.41) is 10.6. The molecule has 0 aromatic rings. The molecule has 0 aromatic carbocycles. The van der Waals surface area contributed by atoms with Crippen LogP contribution in [0.2, 0.25) is 0 Å². The number of hydrogen-bond donors (Lipinski definition) is 3. The molecular weight excluding hydrogens is 1380 g/mol. The summed E-state index contributed by atoms with van der Waals surface area (Å²) < 4.78 is 68.6. The van der Waals surface area contributed by atoms with Crippen LogP contribution in [0.15, 0.2) is 158 Å². The van der Waals surface area contributed by atoms with Crippen LogP contribution < -0.4 is 0 Å². The second-order valence-corrected chi connectivity index (χ2v) is 29.5. The van der Waals surface area contributed by atoms with Gasteiger partial charge in [-0.25, -0.2) is 9.13 Å². The lowest BCUT2D eigenvalue weighted by Crippen LogP contribution is -2.30. The van der Waals surface area contributed by atoms with Gasteiger partial charge in [-0.1, -0.05) is 269 Å². The van der Waals surface area contributed by atoms with Crippen molar-refractivity contribution in [2.75, 3.05) is 39.6 Å². The number of phosphoric ester groups is 2. The van der Waals surface area contributed by atoms with Gasteiger partial charge in [0.1, 0.15) is 19.3 Å². The second kappa shape index (κ2) is 77.8. The quantitative estimate of drug-likeness (QED) is 0.0169. The maximum atomic E-state index is 13.1. The lowest BCUT2D eigenvalue weighted by Gasteiger charge is -2.21. The van der Waals surface area contributed by atoms with E-state index in [1.807, 2.05) is 0 Å². The number of aliphatic hydroxyl groups excluding tert-OH is 1. The Morgan fingerprint density at radius 1 is 0.274 bits per heavy atom. The zero-order valence-corrected chi connectivity index (χ0v) is 67.8. The minimum Gasteiger partial charge on any atom is -0.462 e. The number of ether oxygens (including phenoxy) is 4. The van der Waals surface area contributed by atoms with E-state index in [-0.39, 0.29) is 25.7 Å². The molecule has 19 heteroatoms. The van der Waals surface area contributed by atoms with Crippen LogP contribution in [0.4, 0.5) is 0 Å². The van der Waals surface area contributed by atoms with Crippen molar-refractivity contribution in [2.24, 2.45) is 0 Å². The molecule has 0 saturated carbocycles. The summed E-state index contributed by atoms with van der Waals surface area (Å²) in [6.07, 6.45) is 90.7. The molecule has 0 aromatic heterocycles. The first-order chi connectivity index (χ1) is 51.7. The number of carbonyl (C=O) groups excluding carboxylic acids is 4. The van der Waals surface area contributed by atoms with Gasteiger partial charge in [0.15, 0.2) is 12.2 Å². The molecule has 0 amide bonds. The van der Waals surface area contributed by atoms with E-state index in [4.69, 9.17) is 37.0 Å². The Balaban J connectivity index is 5.43. The summed E-state index contributed by atoms with van der Waals surface area (Å²) in [6, 6.07) is 0. The van der Waals surface area contributed by atoms with Gasteiger partial charge in [-0.3, -0.25) is 37.3 Å². The van der Waals surface area contributed by atoms with Crippen LogP contribution in [0.3, 0.4) is 0 Å². The Morgan fingerprint density at radius 2 is 0.491 bits per heavy atom. The minimum absolute atomic E-state index is 0.0659. The zero-order valence-electron chi connectivity index (χ0n) is 66.1. The zero-order chi connectivity index (χ0) is 77.4. The number of phosphoric acid groups is 2. The molecule has 0 saturated heterocycles. The van der Waals surface area contributed by atoms with E-state index in [0.29, 0.717) is 25.7 Å². The minimum atomic E-state index is -5.00. The molecule has 0 aliphatic rings. The number of aliphatic hydroxyl groups is 1. The van der Waals surface area contributed by atoms with Crippen LogP contribution in [0, 0.1) is 0 Å². The van der Waals surface area contributed by atoms with Gasteiger partial charge in [-0.2, -0.15) is 0 Å². The third-order valence-corrected chi connectivity index (χ3v) is 18.4. The molecule has 0 bridgehead atoms. The molecule has 106 heavy (non-hydrogen) atoms. The third-order valence-electron chi connectivity index (χ3n) is 16.5. The number of carbonyl (C=O) groups is 4. The van der Waals surface area contributed by atoms with Gasteiger partial charge in [0.2, 0.25) is 0 Å². The summed E-state index contributed by atoms with van der Waals surface area (Å²) in [4.78, 5) is 73.1. The molecule has 0 aliphatic carbocycles. The normalized spacial score (nSPS) is 14.7. The number of unbranched alkanes of at least 4 members (excludes halogenated alkanes) is 23. The third kappa shape index (κ3) is 76.9. The molecule has 0 rings (SSSR count). The highest BCUT2D eigenvalue weighted by Gasteiger charge is 2.30. The van der Waals surface area contributed by atoms with Crippen LogP contribution in [0.25, 0.3) is 0 Å². The van der Waals surface area contributed by atoms with Crippen LogP contribution >= 0.6 is 15.6 Å². The lowest BCUT2D eigenvalue weighted by atomic mass is 10.1. The van der Waals surface area contributed by atoms with E-state index in [1.165, 1.54) is 44.9 Å². The van der Waals surface area contributed by atoms with Gasteiger partial charge >= 0.3 is 39.5 Å². The fourth-order valence-corrected chi connectivity index (χ4v) is 11.9. The Labute approximate surface area is 642 Å². The SMILES string of the molecule is CC/C=C\C/C=C\C/C=C\C/C=C\C/C=C\CCCCCC(=O)OC[C@H](COP(=O)(O)OC[C@@H](O)COP(=O)(O)OC[C@@H](COC(=O)CCCCC/C=C\C/C=C\C/C=C\C/C=C\C/C=C\CC)OC(=O)CCCCCCC/C=C\CCCCCC)OC(=O)CCCCCCC/C=C\C/C=C\CCCCC. The fraction of sp³-hybridized carbons (Fsp3) is 0.655. The molecule has 17 nitrogen and oxygen atoms in total. The van der Waals surface area contributed by atoms with Gasteiger partial charge in [0.25, 0.3) is 0 Å². The highest BCUT2D eigenvalue weighted by molar-refractivity contribution is 7.47. The maximum Gasteiger partial charge on any atom is 0.472 e. The van der Waals surface area contributed by atoms with Gasteiger partial charge < -0.3 is 33.8 Å². The van der Waals surface area contributed by atoms with Gasteiger partial charge in [0.05, 0.1) is 26.4 Å². The molecule has 604 valence electrons. The van der Waals surface area contributed by atoms with Crippen LogP contribution in [0.1, 0.15) is 310 Å². The smallest absolute Gasteiger partial charge is 0.462 e. The molecule has 2 unspecified atom stereocenters. The Morgan fingerprint density at radius 3 is 0.792 bits per heavy atom. The van der Waals surface area contributed by atoms with Crippen LogP contribution in [-0.2, 0) is 65.4 Å². The predicted octanol–water partition coefficient (Wildman–Crippen LogP) is 24.0. The number of esters is 4. The number of rotatable bonds is 75. The molecule has 0 aliphatic heterocycles. The van der Waals surface area contributed by atoms with Crippen LogP contribution in [-0.4, -0.2) is 96.7 Å². The maximum absolute atomic E-state index is 13.1. The van der Waals surface area contributed by atoms with E-state index in [2.05, 4.69) is 186 Å². The monoisotopic (exact) mass is 1520 g/mol. The van der Waals surface area contributed by atoms with Crippen molar-refractivity contribution in [3.05, 3.63) is 158 Å². The number of allylic oxidation sites excluding steroid dienone is 26. The molecular formula is C87H144O17P2. The van der Waals surface area contributed by atoms with E-state index in [0.717, 1.165) is 186 Å². The predicted molar refractivity (Wildman–Crippen MR) is 436 cm³/mol. The first-order valence-corrected chi connectivity index (χ1v) is 43.7. The molecule has 0 spiro atoms. The van der Waals surface area contributed by atoms with Crippen molar-refractivity contribution in [2.45, 2.75) is 329 Å². The van der Waals surface area contributed by atoms with E-state index in [1.54, 1.807) is 0 Å². The van der Waals surface area contributed by atoms with E-state index in [9.17, 15) is 43.2 Å². The summed E-state index contributed by atoms with van der Waals surface area (Å²) in [5.41, 5.74) is 0. The summed E-state index contributed by atoms with van der Waals surface area (Å²) >= 11 is 0. The first kappa shape index (κ1) is 101. The van der Waals surface area contributed by atoms with Gasteiger partial charge in [-0.15, -0.1) is 0 Å². The molecule has 5 atom stereocenters. The average molecular weight is 1520 g/mol. The van der Waals surface area contributed by atoms with Crippen molar-refractivity contribution >= 4 is 39.5 Å². The highest BCUT2D eigenvalue weighted by Crippen LogP contribution is 2.45. The largest absolute Gasteiger partial charge is 0.472 e. The topological polar surface area (TPSA) is 237 Å². The van der Waals surface area contributed by atoms with Gasteiger partial charge in [-0.05, 0) is 173 Å². The standard InChI is InChI=1S/C87H144O17P2/c1-5-9-13-17-21-25-29-33-36-38-40-42-45-48-51-55-59-63-67-71-84(89)97-77-82(103-86(91)73-69-65-61-57-53-47-32-28-24-20-16-12-8-4)79-101-105(93,94)99-75-81(88)76-100-106(95,96)102-80-83(104-87(92)74-70-66-62-58-54-50-44-35-31-27-23-19-15-11-7-3)78-98-85(90)72-68-64-60-56-52-49-46-43-41-39-37-34-30-26-22-18-14-10-6-2/h9-10,13-14,21-23,25-28,32-37,40-44,48-49,51-52,81-83,88H,5-8,11-12,15-20,24,29-31,38-39,45-47,50,53-80H2,1-4H3,(H,93,94)(H,95,96)/b13-9-,14-10-,25-21-,26-22-,27-23-,32-28-,36-33-,37-34-,42-40-,43-41-,44-35-,51-48-,52-49-/t81-,82+,83+/m0/s1. The first-order valence-electron chi connectivity index (χ1n) is 40.7. The van der Waals surface area contributed by atoms with Crippen molar-refractivity contribution in [1.82, 2.24) is 0 Å². The Hall–Kier alpha value is -5.32. The summed E-state index contributed by atoms with van der Waals surface area (Å²) in [6.45, 7) is 4.51. The van der Waals surface area contributed by atoms with Crippen molar-refractivity contribution in [1.29, 1.82) is 0 Å². The molecule has 0 radical (unpaired) electrons. The van der Waals surface area contributed by atoms with Crippen molar-refractivity contribution in [3.63, 3.8) is 0 Å². The van der Waals surface area contributed by atoms with Crippen LogP contribution in [0.5, 0.6) is 0 Å². The summed E-state index contributed by atoms with van der Waals surface area (Å²) in [7, 11) is -9.99. The van der Waals surface area contributed by atoms with Crippen molar-refractivity contribution in [3.8, 4) is 0 Å². The van der Waals surface area contributed by atoms with Gasteiger partial charge in [0, 0.05) is 25.7 Å². The summed E-state index contributed by atoms with van der Waals surface area (Å²) in [5.74, 6) is -2.28. The van der Waals surface area contributed by atoms with E-state index < -0.39 is 97.5 Å². The molecule has 0 fully saturated rings. The van der Waals surface area contributed by atoms with Crippen molar-refractivity contribution < 1.29 is 80.2 Å². The molecule has 0 heterocycles. The lowest BCUT2D eigenvalue weighted by molar-refractivity contribution is -0.161. The Bertz CT molecular complexity index is 2630. The Kier molecular flexibility index (Phi) is 73.9.